The van der Waals surface area contributed by atoms with E-state index in [2.05, 4.69) is 36.3 Å². The molecule has 0 saturated carbocycles. The first kappa shape index (κ1) is 17.0. The van der Waals surface area contributed by atoms with Crippen LogP contribution in [0.1, 0.15) is 23.6 Å². The first-order chi connectivity index (χ1) is 13.1. The first-order valence-corrected chi connectivity index (χ1v) is 8.80. The number of carbonyl (C=O) groups is 1. The van der Waals surface area contributed by atoms with Gasteiger partial charge in [0.2, 0.25) is 0 Å². The van der Waals surface area contributed by atoms with E-state index in [0.717, 1.165) is 21.9 Å². The molecule has 1 heterocycles. The molecular weight excluding hydrogens is 338 g/mol. The quantitative estimate of drug-likeness (QED) is 0.485. The molecular formula is C23H19NO3. The van der Waals surface area contributed by atoms with E-state index in [1.165, 1.54) is 5.56 Å². The molecule has 0 bridgehead atoms. The summed E-state index contributed by atoms with van der Waals surface area (Å²) in [5.74, 6) is 0.277. The van der Waals surface area contributed by atoms with Crippen LogP contribution in [0.4, 0.5) is 0 Å². The number of hydrogen-bond acceptors (Lipinski definition) is 4. The second-order valence-electron chi connectivity index (χ2n) is 6.59. The van der Waals surface area contributed by atoms with Crippen molar-refractivity contribution in [1.82, 2.24) is 0 Å². The van der Waals surface area contributed by atoms with Gasteiger partial charge in [0.1, 0.15) is 12.4 Å². The number of carbonyl (C=O) groups excluding carboxylic acids is 1. The molecule has 0 N–H and O–H groups in total. The van der Waals surface area contributed by atoms with Crippen LogP contribution in [0, 0.1) is 6.92 Å². The van der Waals surface area contributed by atoms with Crippen LogP contribution in [0.25, 0.3) is 16.8 Å². The van der Waals surface area contributed by atoms with Gasteiger partial charge in [-0.2, -0.15) is 0 Å². The third-order valence-electron chi connectivity index (χ3n) is 4.61. The third kappa shape index (κ3) is 3.47. The van der Waals surface area contributed by atoms with Crippen molar-refractivity contribution >= 4 is 28.5 Å². The smallest absolute Gasteiger partial charge is 0.367 e. The molecule has 1 aliphatic rings. The van der Waals surface area contributed by atoms with Gasteiger partial charge in [0.05, 0.1) is 11.3 Å². The van der Waals surface area contributed by atoms with Gasteiger partial charge < -0.3 is 9.57 Å². The lowest BCUT2D eigenvalue weighted by Gasteiger charge is -2.13. The second kappa shape index (κ2) is 7.08. The van der Waals surface area contributed by atoms with Crippen LogP contribution in [0.15, 0.2) is 71.4 Å². The summed E-state index contributed by atoms with van der Waals surface area (Å²) in [7, 11) is 0. The summed E-state index contributed by atoms with van der Waals surface area (Å²) in [4.78, 5) is 16.8. The van der Waals surface area contributed by atoms with E-state index in [4.69, 9.17) is 9.57 Å². The Kier molecular flexibility index (Phi) is 4.47. The van der Waals surface area contributed by atoms with Crippen LogP contribution in [0.2, 0.25) is 0 Å². The zero-order valence-electron chi connectivity index (χ0n) is 15.2. The summed E-state index contributed by atoms with van der Waals surface area (Å²) >= 11 is 0. The Morgan fingerprint density at radius 3 is 2.52 bits per heavy atom. The fourth-order valence-electron chi connectivity index (χ4n) is 3.06. The summed E-state index contributed by atoms with van der Waals surface area (Å²) in [5, 5.41) is 5.85. The van der Waals surface area contributed by atoms with Gasteiger partial charge in [-0.1, -0.05) is 65.3 Å². The van der Waals surface area contributed by atoms with Gasteiger partial charge in [0.25, 0.3) is 0 Å². The highest BCUT2D eigenvalue weighted by atomic mass is 16.7. The molecule has 0 radical (unpaired) electrons. The fraction of sp³-hybridized carbons (Fsp3) is 0.130. The largest absolute Gasteiger partial charge is 0.488 e. The summed E-state index contributed by atoms with van der Waals surface area (Å²) in [6.45, 7) is 4.27. The van der Waals surface area contributed by atoms with Crippen molar-refractivity contribution in [2.24, 2.45) is 5.16 Å². The Hall–Kier alpha value is -3.40. The first-order valence-electron chi connectivity index (χ1n) is 8.80. The van der Waals surface area contributed by atoms with E-state index in [1.54, 1.807) is 13.0 Å². The van der Waals surface area contributed by atoms with Crippen LogP contribution < -0.4 is 4.74 Å². The van der Waals surface area contributed by atoms with Crippen molar-refractivity contribution in [2.75, 3.05) is 0 Å². The van der Waals surface area contributed by atoms with E-state index < -0.39 is 5.97 Å². The minimum atomic E-state index is -0.440. The van der Waals surface area contributed by atoms with Gasteiger partial charge in [-0.25, -0.2) is 4.79 Å². The Balaban J connectivity index is 1.76. The number of oxime groups is 1. The molecule has 1 aliphatic heterocycles. The minimum Gasteiger partial charge on any atom is -0.488 e. The highest BCUT2D eigenvalue weighted by molar-refractivity contribution is 6.25. The average molecular weight is 357 g/mol. The molecule has 0 aromatic heterocycles. The van der Waals surface area contributed by atoms with Crippen molar-refractivity contribution < 1.29 is 14.4 Å². The van der Waals surface area contributed by atoms with Crippen molar-refractivity contribution in [2.45, 2.75) is 20.5 Å². The second-order valence-corrected chi connectivity index (χ2v) is 6.59. The maximum absolute atomic E-state index is 12.0. The van der Waals surface area contributed by atoms with Crippen molar-refractivity contribution in [3.05, 3.63) is 82.9 Å². The predicted molar refractivity (Wildman–Crippen MR) is 107 cm³/mol. The molecule has 0 saturated heterocycles. The molecule has 0 amide bonds. The van der Waals surface area contributed by atoms with Crippen molar-refractivity contribution in [3.63, 3.8) is 0 Å². The Labute approximate surface area is 157 Å². The maximum Gasteiger partial charge on any atom is 0.367 e. The highest BCUT2D eigenvalue weighted by Gasteiger charge is 2.23. The number of aryl methyl sites for hydroxylation is 1. The average Bonchev–Trinajstić information content (AvgIpc) is 3.00. The van der Waals surface area contributed by atoms with E-state index >= 15 is 0 Å². The van der Waals surface area contributed by atoms with Gasteiger partial charge in [-0.15, -0.1) is 0 Å². The van der Waals surface area contributed by atoms with Gasteiger partial charge >= 0.3 is 5.97 Å². The Morgan fingerprint density at radius 2 is 1.78 bits per heavy atom. The normalized spacial score (nSPS) is 15.1. The third-order valence-corrected chi connectivity index (χ3v) is 4.61. The van der Waals surface area contributed by atoms with Crippen LogP contribution in [0.3, 0.4) is 0 Å². The molecule has 0 aliphatic carbocycles. The molecule has 4 rings (SSSR count). The van der Waals surface area contributed by atoms with E-state index in [0.29, 0.717) is 23.6 Å². The Bertz CT molecular complexity index is 1080. The minimum absolute atomic E-state index is 0.440. The summed E-state index contributed by atoms with van der Waals surface area (Å²) in [6.07, 6.45) is 1.81. The van der Waals surface area contributed by atoms with Gasteiger partial charge in [-0.05, 0) is 42.3 Å². The SMILES string of the molecule is CC1=NOC(=O)/C1=C/c1c(OCc2ccc(C)cc2)ccc2ccccc12. The standard InChI is InChI=1S/C23H19NO3/c1-15-7-9-17(10-8-15)14-26-22-12-11-18-5-3-4-6-19(18)21(22)13-20-16(2)24-27-23(20)25/h3-13H,14H2,1-2H3/b20-13+. The zero-order valence-corrected chi connectivity index (χ0v) is 15.2. The van der Waals surface area contributed by atoms with Crippen LogP contribution >= 0.6 is 0 Å². The Morgan fingerprint density at radius 1 is 1.00 bits per heavy atom. The number of rotatable bonds is 4. The molecule has 4 heteroatoms. The number of hydrogen-bond donors (Lipinski definition) is 0. The summed E-state index contributed by atoms with van der Waals surface area (Å²) < 4.78 is 6.12. The van der Waals surface area contributed by atoms with Crippen molar-refractivity contribution in [1.29, 1.82) is 0 Å². The van der Waals surface area contributed by atoms with Gasteiger partial charge in [0, 0.05) is 5.56 Å². The molecule has 3 aromatic rings. The van der Waals surface area contributed by atoms with Crippen LogP contribution in [0.5, 0.6) is 5.75 Å². The molecule has 134 valence electrons. The molecule has 0 atom stereocenters. The monoisotopic (exact) mass is 357 g/mol. The van der Waals surface area contributed by atoms with E-state index in [9.17, 15) is 4.79 Å². The topological polar surface area (TPSA) is 47.9 Å². The summed E-state index contributed by atoms with van der Waals surface area (Å²) in [6, 6.07) is 20.2. The van der Waals surface area contributed by atoms with E-state index in [-0.39, 0.29) is 0 Å². The predicted octanol–water partition coefficient (Wildman–Crippen LogP) is 5.04. The summed E-state index contributed by atoms with van der Waals surface area (Å²) in [5.41, 5.74) is 4.17. The maximum atomic E-state index is 12.0. The molecule has 0 spiro atoms. The fourth-order valence-corrected chi connectivity index (χ4v) is 3.06. The highest BCUT2D eigenvalue weighted by Crippen LogP contribution is 2.32. The molecule has 3 aromatic carbocycles. The van der Waals surface area contributed by atoms with Gasteiger partial charge in [-0.3, -0.25) is 0 Å². The van der Waals surface area contributed by atoms with E-state index in [1.807, 2.05) is 36.4 Å². The van der Waals surface area contributed by atoms with Crippen LogP contribution in [-0.4, -0.2) is 11.7 Å². The molecule has 27 heavy (non-hydrogen) atoms. The number of fused-ring (bicyclic) bond motifs is 1. The lowest BCUT2D eigenvalue weighted by molar-refractivity contribution is -0.136. The van der Waals surface area contributed by atoms with Crippen molar-refractivity contribution in [3.8, 4) is 5.75 Å². The number of ether oxygens (including phenoxy) is 1. The number of benzene rings is 3. The molecule has 0 fully saturated rings. The van der Waals surface area contributed by atoms with Crippen LogP contribution in [-0.2, 0) is 16.2 Å². The van der Waals surface area contributed by atoms with Gasteiger partial charge in [0.15, 0.2) is 0 Å². The molecule has 0 unspecified atom stereocenters. The lowest BCUT2D eigenvalue weighted by Crippen LogP contribution is -2.03. The lowest BCUT2D eigenvalue weighted by atomic mass is 10.00. The number of nitrogens with zero attached hydrogens (tertiary/aromatic N) is 1. The zero-order chi connectivity index (χ0) is 18.8. The molecule has 4 nitrogen and oxygen atoms in total.